The van der Waals surface area contributed by atoms with Crippen molar-refractivity contribution in [3.8, 4) is 11.1 Å². The summed E-state index contributed by atoms with van der Waals surface area (Å²) in [5.74, 6) is -0.0226. The molecule has 2 heterocycles. The standard InChI is InChI=1S/C24H26N4O3/c1-15-14-27(24(30)23-5-4-10-31-23)22-12-18(7-9-21(22)28(15)16(2)29)17-6-8-20(25)19(11-17)13-26-3/h4-12,15,26H,13-14,25H2,1-3H3/t15-/m0/s1. The Hall–Kier alpha value is -3.58. The Morgan fingerprint density at radius 2 is 1.87 bits per heavy atom. The van der Waals surface area contributed by atoms with Crippen LogP contribution in [0, 0.1) is 0 Å². The van der Waals surface area contributed by atoms with E-state index in [1.54, 1.807) is 28.9 Å². The Morgan fingerprint density at radius 1 is 1.13 bits per heavy atom. The van der Waals surface area contributed by atoms with Gasteiger partial charge in [0, 0.05) is 25.7 Å². The van der Waals surface area contributed by atoms with E-state index < -0.39 is 0 Å². The highest BCUT2D eigenvalue weighted by Gasteiger charge is 2.35. The summed E-state index contributed by atoms with van der Waals surface area (Å²) in [6, 6.07) is 14.9. The lowest BCUT2D eigenvalue weighted by Crippen LogP contribution is -2.51. The van der Waals surface area contributed by atoms with E-state index in [0.717, 1.165) is 22.4 Å². The zero-order valence-corrected chi connectivity index (χ0v) is 17.9. The van der Waals surface area contributed by atoms with E-state index in [2.05, 4.69) is 5.32 Å². The molecule has 0 fully saturated rings. The molecule has 0 saturated heterocycles. The number of nitrogens with zero attached hydrogens (tertiary/aromatic N) is 2. The van der Waals surface area contributed by atoms with Gasteiger partial charge >= 0.3 is 0 Å². The molecule has 4 rings (SSSR count). The van der Waals surface area contributed by atoms with Gasteiger partial charge in [0.05, 0.1) is 23.7 Å². The van der Waals surface area contributed by atoms with Crippen LogP contribution in [-0.4, -0.2) is 31.4 Å². The van der Waals surface area contributed by atoms with Gasteiger partial charge in [0.25, 0.3) is 5.91 Å². The third kappa shape index (κ3) is 3.80. The molecule has 0 saturated carbocycles. The van der Waals surface area contributed by atoms with Crippen molar-refractivity contribution in [1.82, 2.24) is 5.32 Å². The van der Waals surface area contributed by atoms with Crippen molar-refractivity contribution in [3.63, 3.8) is 0 Å². The Labute approximate surface area is 181 Å². The van der Waals surface area contributed by atoms with Gasteiger partial charge < -0.3 is 25.3 Å². The van der Waals surface area contributed by atoms with Crippen LogP contribution in [0.2, 0.25) is 0 Å². The topological polar surface area (TPSA) is 91.8 Å². The number of hydrogen-bond acceptors (Lipinski definition) is 5. The van der Waals surface area contributed by atoms with Crippen molar-refractivity contribution in [2.24, 2.45) is 0 Å². The summed E-state index contributed by atoms with van der Waals surface area (Å²) in [4.78, 5) is 29.0. The molecular formula is C24H26N4O3. The fourth-order valence-corrected chi connectivity index (χ4v) is 4.14. The van der Waals surface area contributed by atoms with Gasteiger partial charge in [-0.3, -0.25) is 9.59 Å². The molecule has 0 radical (unpaired) electrons. The van der Waals surface area contributed by atoms with E-state index in [4.69, 9.17) is 10.2 Å². The average Bonchev–Trinajstić information content (AvgIpc) is 3.28. The van der Waals surface area contributed by atoms with Crippen molar-refractivity contribution in [1.29, 1.82) is 0 Å². The lowest BCUT2D eigenvalue weighted by molar-refractivity contribution is -0.117. The zero-order valence-electron chi connectivity index (χ0n) is 17.9. The molecule has 0 bridgehead atoms. The Morgan fingerprint density at radius 3 is 2.55 bits per heavy atom. The molecule has 7 heteroatoms. The fraction of sp³-hybridized carbons (Fsp3) is 0.250. The van der Waals surface area contributed by atoms with Gasteiger partial charge in [-0.25, -0.2) is 0 Å². The molecule has 7 nitrogen and oxygen atoms in total. The number of carbonyl (C=O) groups excluding carboxylic acids is 2. The highest BCUT2D eigenvalue weighted by atomic mass is 16.3. The second kappa shape index (κ2) is 8.28. The third-order valence-electron chi connectivity index (χ3n) is 5.57. The van der Waals surface area contributed by atoms with Gasteiger partial charge in [-0.15, -0.1) is 0 Å². The first-order valence-electron chi connectivity index (χ1n) is 10.2. The minimum Gasteiger partial charge on any atom is -0.459 e. The van der Waals surface area contributed by atoms with Crippen molar-refractivity contribution < 1.29 is 14.0 Å². The van der Waals surface area contributed by atoms with Crippen LogP contribution in [0.25, 0.3) is 11.1 Å². The van der Waals surface area contributed by atoms with E-state index in [1.165, 1.54) is 6.26 Å². The van der Waals surface area contributed by atoms with Gasteiger partial charge in [0.1, 0.15) is 0 Å². The molecule has 3 aromatic rings. The maximum absolute atomic E-state index is 13.2. The highest BCUT2D eigenvalue weighted by molar-refractivity contribution is 6.10. The van der Waals surface area contributed by atoms with Crippen LogP contribution in [0.1, 0.15) is 30.0 Å². The minimum atomic E-state index is -0.230. The van der Waals surface area contributed by atoms with E-state index >= 15 is 0 Å². The van der Waals surface area contributed by atoms with Crippen molar-refractivity contribution in [2.75, 3.05) is 29.1 Å². The SMILES string of the molecule is CNCc1cc(-c2ccc3c(c2)N(C(=O)c2ccco2)C[C@H](C)N3C(C)=O)ccc1N. The molecule has 3 N–H and O–H groups in total. The number of furan rings is 1. The monoisotopic (exact) mass is 418 g/mol. The van der Waals surface area contributed by atoms with Gasteiger partial charge in [0.15, 0.2) is 5.76 Å². The summed E-state index contributed by atoms with van der Waals surface area (Å²) in [6.45, 7) is 4.51. The molecule has 0 spiro atoms. The maximum atomic E-state index is 13.2. The number of amides is 2. The Balaban J connectivity index is 1.83. The largest absolute Gasteiger partial charge is 0.459 e. The number of benzene rings is 2. The van der Waals surface area contributed by atoms with Gasteiger partial charge in [0.2, 0.25) is 5.91 Å². The molecule has 1 atom stereocenters. The summed E-state index contributed by atoms with van der Waals surface area (Å²) < 4.78 is 5.35. The summed E-state index contributed by atoms with van der Waals surface area (Å²) in [5.41, 5.74) is 11.1. The number of anilines is 3. The number of nitrogen functional groups attached to an aromatic ring is 1. The summed E-state index contributed by atoms with van der Waals surface area (Å²) in [7, 11) is 1.88. The molecule has 31 heavy (non-hydrogen) atoms. The maximum Gasteiger partial charge on any atom is 0.294 e. The normalized spacial score (nSPS) is 15.6. The predicted octanol–water partition coefficient (Wildman–Crippen LogP) is 3.65. The quantitative estimate of drug-likeness (QED) is 0.631. The van der Waals surface area contributed by atoms with E-state index in [0.29, 0.717) is 24.5 Å². The molecule has 0 aliphatic carbocycles. The molecule has 160 valence electrons. The van der Waals surface area contributed by atoms with Crippen LogP contribution in [0.5, 0.6) is 0 Å². The van der Waals surface area contributed by atoms with Gasteiger partial charge in [-0.2, -0.15) is 0 Å². The second-order valence-electron chi connectivity index (χ2n) is 7.78. The second-order valence-corrected chi connectivity index (χ2v) is 7.78. The molecule has 1 aromatic heterocycles. The van der Waals surface area contributed by atoms with E-state index in [9.17, 15) is 9.59 Å². The first-order chi connectivity index (χ1) is 14.9. The molecule has 1 aliphatic rings. The lowest BCUT2D eigenvalue weighted by Gasteiger charge is -2.40. The number of nitrogens with two attached hydrogens (primary N) is 1. The fourth-order valence-electron chi connectivity index (χ4n) is 4.14. The van der Waals surface area contributed by atoms with Crippen molar-refractivity contribution >= 4 is 28.9 Å². The van der Waals surface area contributed by atoms with E-state index in [-0.39, 0.29) is 23.6 Å². The number of nitrogens with one attached hydrogen (secondary N) is 1. The molecule has 2 aromatic carbocycles. The molecule has 2 amide bonds. The first kappa shape index (κ1) is 20.7. The Bertz CT molecular complexity index is 1120. The van der Waals surface area contributed by atoms with E-state index in [1.807, 2.05) is 50.4 Å². The summed E-state index contributed by atoms with van der Waals surface area (Å²) in [6.07, 6.45) is 1.48. The summed E-state index contributed by atoms with van der Waals surface area (Å²) in [5, 5.41) is 3.13. The number of rotatable bonds is 4. The minimum absolute atomic E-state index is 0.0598. The zero-order chi connectivity index (χ0) is 22.1. The van der Waals surface area contributed by atoms with Crippen molar-refractivity contribution in [3.05, 3.63) is 66.1 Å². The number of hydrogen-bond donors (Lipinski definition) is 2. The van der Waals surface area contributed by atoms with Crippen LogP contribution < -0.4 is 20.9 Å². The summed E-state index contributed by atoms with van der Waals surface area (Å²) >= 11 is 0. The first-order valence-corrected chi connectivity index (χ1v) is 10.2. The molecular weight excluding hydrogens is 392 g/mol. The smallest absolute Gasteiger partial charge is 0.294 e. The van der Waals surface area contributed by atoms with Gasteiger partial charge in [-0.05, 0) is 67.1 Å². The van der Waals surface area contributed by atoms with Crippen molar-refractivity contribution in [2.45, 2.75) is 26.4 Å². The number of fused-ring (bicyclic) bond motifs is 1. The predicted molar refractivity (Wildman–Crippen MR) is 122 cm³/mol. The van der Waals surface area contributed by atoms with Crippen LogP contribution in [-0.2, 0) is 11.3 Å². The van der Waals surface area contributed by atoms with Gasteiger partial charge in [-0.1, -0.05) is 12.1 Å². The van der Waals surface area contributed by atoms with Crippen LogP contribution in [0.15, 0.2) is 59.2 Å². The third-order valence-corrected chi connectivity index (χ3v) is 5.57. The van der Waals surface area contributed by atoms with Crippen LogP contribution in [0.3, 0.4) is 0 Å². The molecule has 1 aliphatic heterocycles. The highest BCUT2D eigenvalue weighted by Crippen LogP contribution is 2.40. The Kier molecular flexibility index (Phi) is 5.52. The van der Waals surface area contributed by atoms with Crippen LogP contribution in [0.4, 0.5) is 17.1 Å². The number of carbonyl (C=O) groups is 2. The lowest BCUT2D eigenvalue weighted by atomic mass is 9.98. The average molecular weight is 418 g/mol. The molecule has 0 unspecified atom stereocenters. The van der Waals surface area contributed by atoms with Crippen LogP contribution >= 0.6 is 0 Å².